The van der Waals surface area contributed by atoms with Crippen LogP contribution >= 0.6 is 15.9 Å². The van der Waals surface area contributed by atoms with Gasteiger partial charge < -0.3 is 5.11 Å². The van der Waals surface area contributed by atoms with E-state index in [1.807, 2.05) is 42.5 Å². The number of phenols is 1. The number of carbonyl (C=O) groups excluding carboxylic acids is 1. The zero-order valence-electron chi connectivity index (χ0n) is 12.0. The third-order valence-corrected chi connectivity index (χ3v) is 4.12. The van der Waals surface area contributed by atoms with Gasteiger partial charge in [-0.05, 0) is 29.8 Å². The van der Waals surface area contributed by atoms with Gasteiger partial charge in [-0.15, -0.1) is 0 Å². The van der Waals surface area contributed by atoms with Crippen LogP contribution in [0.15, 0.2) is 59.1 Å². The molecule has 0 aromatic heterocycles. The van der Waals surface area contributed by atoms with Crippen LogP contribution in [0.2, 0.25) is 0 Å². The number of benzene rings is 2. The number of halogens is 1. The van der Waals surface area contributed by atoms with E-state index in [1.165, 1.54) is 11.9 Å². The summed E-state index contributed by atoms with van der Waals surface area (Å²) >= 11 is 3.41. The van der Waals surface area contributed by atoms with E-state index < -0.39 is 0 Å². The van der Waals surface area contributed by atoms with Crippen molar-refractivity contribution in [3.8, 4) is 5.75 Å². The fourth-order valence-electron chi connectivity index (χ4n) is 2.50. The maximum atomic E-state index is 11.9. The van der Waals surface area contributed by atoms with Crippen molar-refractivity contribution in [2.45, 2.75) is 13.0 Å². The number of rotatable bonds is 2. The molecule has 0 saturated carbocycles. The third-order valence-electron chi connectivity index (χ3n) is 3.59. The van der Waals surface area contributed by atoms with Gasteiger partial charge >= 0.3 is 0 Å². The van der Waals surface area contributed by atoms with Gasteiger partial charge in [0.2, 0.25) is 5.91 Å². The maximum absolute atomic E-state index is 11.9. The molecule has 0 fully saturated rings. The molecule has 1 unspecified atom stereocenters. The minimum Gasteiger partial charge on any atom is -0.508 e. The van der Waals surface area contributed by atoms with E-state index in [-0.39, 0.29) is 17.7 Å². The molecule has 0 radical (unpaired) electrons. The zero-order valence-corrected chi connectivity index (χ0v) is 13.5. The Labute approximate surface area is 137 Å². The molecule has 4 nitrogen and oxygen atoms in total. The zero-order chi connectivity index (χ0) is 15.7. The Morgan fingerprint density at radius 1 is 1.18 bits per heavy atom. The molecule has 3 rings (SSSR count). The van der Waals surface area contributed by atoms with Gasteiger partial charge in [-0.25, -0.2) is 5.01 Å². The number of hydrogen-bond donors (Lipinski definition) is 2. The summed E-state index contributed by atoms with van der Waals surface area (Å²) in [5.74, 6) is 0.0606. The van der Waals surface area contributed by atoms with Crippen molar-refractivity contribution in [3.63, 3.8) is 0 Å². The summed E-state index contributed by atoms with van der Waals surface area (Å²) in [5, 5.41) is 11.6. The quantitative estimate of drug-likeness (QED) is 0.862. The molecule has 2 aromatic rings. The molecule has 2 aromatic carbocycles. The van der Waals surface area contributed by atoms with Crippen LogP contribution in [0.4, 0.5) is 0 Å². The largest absolute Gasteiger partial charge is 0.508 e. The minimum atomic E-state index is -0.336. The van der Waals surface area contributed by atoms with Crippen molar-refractivity contribution >= 4 is 27.5 Å². The lowest BCUT2D eigenvalue weighted by molar-refractivity contribution is -0.132. The summed E-state index contributed by atoms with van der Waals surface area (Å²) in [6, 6.07) is 14.5. The first-order valence-corrected chi connectivity index (χ1v) is 7.67. The predicted molar refractivity (Wildman–Crippen MR) is 88.6 cm³/mol. The average molecular weight is 359 g/mol. The Kier molecular flexibility index (Phi) is 3.90. The van der Waals surface area contributed by atoms with Gasteiger partial charge in [0.1, 0.15) is 11.8 Å². The molecule has 1 aliphatic heterocycles. The molecule has 0 saturated heterocycles. The second-order valence-electron chi connectivity index (χ2n) is 5.09. The fraction of sp³-hybridized carbons (Fsp3) is 0.118. The van der Waals surface area contributed by atoms with Gasteiger partial charge in [0.25, 0.3) is 0 Å². The van der Waals surface area contributed by atoms with Crippen LogP contribution in [0.5, 0.6) is 5.75 Å². The number of carbonyl (C=O) groups is 1. The molecular weight excluding hydrogens is 344 g/mol. The number of hydrogen-bond acceptors (Lipinski definition) is 3. The third kappa shape index (κ3) is 2.72. The van der Waals surface area contributed by atoms with Gasteiger partial charge in [-0.2, -0.15) is 0 Å². The van der Waals surface area contributed by atoms with Crippen molar-refractivity contribution in [3.05, 3.63) is 70.2 Å². The van der Waals surface area contributed by atoms with E-state index in [4.69, 9.17) is 0 Å². The average Bonchev–Trinajstić information content (AvgIpc) is 2.93. The number of hydrazine groups is 1. The lowest BCUT2D eigenvalue weighted by atomic mass is 10.0. The van der Waals surface area contributed by atoms with Gasteiger partial charge in [0.05, 0.1) is 5.70 Å². The molecule has 22 heavy (non-hydrogen) atoms. The molecule has 5 heteroatoms. The minimum absolute atomic E-state index is 0.114. The van der Waals surface area contributed by atoms with E-state index in [0.29, 0.717) is 5.56 Å². The maximum Gasteiger partial charge on any atom is 0.238 e. The highest BCUT2D eigenvalue weighted by Gasteiger charge is 2.30. The van der Waals surface area contributed by atoms with E-state index in [0.717, 1.165) is 15.7 Å². The van der Waals surface area contributed by atoms with Gasteiger partial charge in [0, 0.05) is 17.0 Å². The number of nitrogens with zero attached hydrogens (tertiary/aromatic N) is 1. The molecular formula is C17H15BrN2O2. The molecule has 1 atom stereocenters. The predicted octanol–water partition coefficient (Wildman–Crippen LogP) is 3.60. The monoisotopic (exact) mass is 358 g/mol. The first-order chi connectivity index (χ1) is 10.6. The van der Waals surface area contributed by atoms with Crippen molar-refractivity contribution in [1.82, 2.24) is 10.4 Å². The molecule has 1 aliphatic rings. The lowest BCUT2D eigenvalue weighted by Gasteiger charge is -2.24. The number of nitrogens with one attached hydrogen (secondary N) is 1. The van der Waals surface area contributed by atoms with Gasteiger partial charge in [-0.3, -0.25) is 10.2 Å². The summed E-state index contributed by atoms with van der Waals surface area (Å²) < 4.78 is 0.996. The summed E-state index contributed by atoms with van der Waals surface area (Å²) in [6.45, 7) is 1.50. The highest BCUT2D eigenvalue weighted by Crippen LogP contribution is 2.35. The Morgan fingerprint density at radius 3 is 2.50 bits per heavy atom. The van der Waals surface area contributed by atoms with Crippen molar-refractivity contribution in [1.29, 1.82) is 0 Å². The molecule has 0 spiro atoms. The van der Waals surface area contributed by atoms with Crippen molar-refractivity contribution in [2.24, 2.45) is 0 Å². The Bertz CT molecular complexity index is 741. The molecule has 2 N–H and O–H groups in total. The van der Waals surface area contributed by atoms with Crippen LogP contribution in [0.25, 0.3) is 5.70 Å². The van der Waals surface area contributed by atoms with E-state index in [9.17, 15) is 9.90 Å². The summed E-state index contributed by atoms with van der Waals surface area (Å²) in [5.41, 5.74) is 5.63. The first kappa shape index (κ1) is 14.7. The molecule has 112 valence electrons. The Hall–Kier alpha value is -2.27. The molecule has 1 heterocycles. The van der Waals surface area contributed by atoms with Gasteiger partial charge in [0.15, 0.2) is 0 Å². The summed E-state index contributed by atoms with van der Waals surface area (Å²) in [6.07, 6.45) is 1.94. The normalized spacial score (nSPS) is 17.1. The number of phenolic OH excluding ortho intramolecular Hbond substituents is 1. The molecule has 1 amide bonds. The smallest absolute Gasteiger partial charge is 0.238 e. The first-order valence-electron chi connectivity index (χ1n) is 6.88. The van der Waals surface area contributed by atoms with E-state index in [1.54, 1.807) is 12.1 Å². The van der Waals surface area contributed by atoms with Crippen LogP contribution in [0.3, 0.4) is 0 Å². The second kappa shape index (κ2) is 5.85. The Morgan fingerprint density at radius 2 is 1.86 bits per heavy atom. The molecule has 0 aliphatic carbocycles. The summed E-state index contributed by atoms with van der Waals surface area (Å²) in [4.78, 5) is 11.9. The lowest BCUT2D eigenvalue weighted by Crippen LogP contribution is -2.37. The van der Waals surface area contributed by atoms with E-state index >= 15 is 0 Å². The highest BCUT2D eigenvalue weighted by atomic mass is 79.9. The topological polar surface area (TPSA) is 52.6 Å². The number of para-hydroxylation sites is 1. The SMILES string of the molecule is CC(=O)N1NC(c2ccc(Br)cc2)=CC1c1ccccc1O. The van der Waals surface area contributed by atoms with Crippen LogP contribution in [-0.2, 0) is 4.79 Å². The van der Waals surface area contributed by atoms with Crippen LogP contribution in [-0.4, -0.2) is 16.0 Å². The van der Waals surface area contributed by atoms with Crippen molar-refractivity contribution in [2.75, 3.05) is 0 Å². The van der Waals surface area contributed by atoms with E-state index in [2.05, 4.69) is 21.4 Å². The standard InChI is InChI=1S/C17H15BrN2O2/c1-11(21)20-16(14-4-2-3-5-17(14)22)10-15(19-20)12-6-8-13(18)9-7-12/h2-10,16,19,22H,1H3. The second-order valence-corrected chi connectivity index (χ2v) is 6.01. The highest BCUT2D eigenvalue weighted by molar-refractivity contribution is 9.10. The van der Waals surface area contributed by atoms with Gasteiger partial charge in [-0.1, -0.05) is 46.3 Å². The van der Waals surface area contributed by atoms with Crippen LogP contribution < -0.4 is 5.43 Å². The van der Waals surface area contributed by atoms with Crippen molar-refractivity contribution < 1.29 is 9.90 Å². The Balaban J connectivity index is 2.01. The van der Waals surface area contributed by atoms with Crippen LogP contribution in [0.1, 0.15) is 24.1 Å². The number of amides is 1. The molecule has 0 bridgehead atoms. The van der Waals surface area contributed by atoms with Crippen LogP contribution in [0, 0.1) is 0 Å². The summed E-state index contributed by atoms with van der Waals surface area (Å²) in [7, 11) is 0. The fourth-order valence-corrected chi connectivity index (χ4v) is 2.76. The number of aromatic hydroxyl groups is 1.